The Morgan fingerprint density at radius 1 is 0.868 bits per heavy atom. The first-order chi connectivity index (χ1) is 18.0. The Hall–Kier alpha value is -2.69. The van der Waals surface area contributed by atoms with Crippen molar-refractivity contribution in [3.8, 4) is 0 Å². The van der Waals surface area contributed by atoms with Crippen molar-refractivity contribution in [3.05, 3.63) is 98.9 Å². The van der Waals surface area contributed by atoms with Gasteiger partial charge in [-0.25, -0.2) is 8.42 Å². The summed E-state index contributed by atoms with van der Waals surface area (Å²) in [6.45, 7) is 3.38. The molecule has 1 N–H and O–H groups in total. The molecule has 0 heterocycles. The number of carbonyl (C=O) groups is 2. The molecule has 0 saturated heterocycles. The van der Waals surface area contributed by atoms with Crippen LogP contribution in [0.5, 0.6) is 0 Å². The van der Waals surface area contributed by atoms with Gasteiger partial charge in [-0.05, 0) is 65.2 Å². The number of sulfonamides is 1. The number of rotatable bonds is 11. The first-order valence-corrected chi connectivity index (χ1v) is 15.5. The SMILES string of the molecule is CC(C)NC(=O)C(Cc1ccccc1)N(Cc1ccc(Br)cc1)C(=O)CN(c1ccccc1Br)S(C)(=O)=O. The van der Waals surface area contributed by atoms with Crippen LogP contribution in [0, 0.1) is 0 Å². The van der Waals surface area contributed by atoms with E-state index in [1.807, 2.05) is 68.4 Å². The quantitative estimate of drug-likeness (QED) is 0.308. The fourth-order valence-corrected chi connectivity index (χ4v) is 5.71. The molecule has 1 unspecified atom stereocenters. The van der Waals surface area contributed by atoms with Crippen LogP contribution in [0.1, 0.15) is 25.0 Å². The number of hydrogen-bond donors (Lipinski definition) is 1. The Balaban J connectivity index is 2.06. The van der Waals surface area contributed by atoms with Gasteiger partial charge in [0.25, 0.3) is 0 Å². The molecule has 0 aliphatic carbocycles. The second-order valence-corrected chi connectivity index (χ2v) is 12.9. The van der Waals surface area contributed by atoms with Crippen LogP contribution in [0.2, 0.25) is 0 Å². The molecule has 0 bridgehead atoms. The van der Waals surface area contributed by atoms with Crippen molar-refractivity contribution in [1.29, 1.82) is 0 Å². The molecule has 0 aliphatic heterocycles. The van der Waals surface area contributed by atoms with Crippen LogP contribution in [0.25, 0.3) is 0 Å². The van der Waals surface area contributed by atoms with E-state index in [2.05, 4.69) is 37.2 Å². The standard InChI is InChI=1S/C28H31Br2N3O4S/c1-20(2)31-28(35)26(17-21-9-5-4-6-10-21)32(18-22-13-15-23(29)16-14-22)27(34)19-33(38(3,36)37)25-12-8-7-11-24(25)30/h4-16,20,26H,17-19H2,1-3H3,(H,31,35). The minimum atomic E-state index is -3.82. The first kappa shape index (κ1) is 29.9. The average molecular weight is 665 g/mol. The Labute approximate surface area is 241 Å². The van der Waals surface area contributed by atoms with Crippen LogP contribution >= 0.6 is 31.9 Å². The van der Waals surface area contributed by atoms with E-state index in [0.717, 1.165) is 26.2 Å². The van der Waals surface area contributed by atoms with Gasteiger partial charge in [-0.1, -0.05) is 70.5 Å². The Morgan fingerprint density at radius 2 is 1.47 bits per heavy atom. The second-order valence-electron chi connectivity index (χ2n) is 9.24. The van der Waals surface area contributed by atoms with Gasteiger partial charge in [0.15, 0.2) is 0 Å². The summed E-state index contributed by atoms with van der Waals surface area (Å²) in [5.41, 5.74) is 2.04. The fraction of sp³-hybridized carbons (Fsp3) is 0.286. The highest BCUT2D eigenvalue weighted by molar-refractivity contribution is 9.10. The molecule has 3 aromatic carbocycles. The molecule has 2 amide bonds. The van der Waals surface area contributed by atoms with Gasteiger partial charge in [0.1, 0.15) is 12.6 Å². The Bertz CT molecular complexity index is 1350. The number of hydrogen-bond acceptors (Lipinski definition) is 4. The van der Waals surface area contributed by atoms with E-state index >= 15 is 0 Å². The van der Waals surface area contributed by atoms with E-state index in [4.69, 9.17) is 0 Å². The van der Waals surface area contributed by atoms with E-state index in [1.165, 1.54) is 4.90 Å². The molecule has 0 radical (unpaired) electrons. The zero-order chi connectivity index (χ0) is 27.9. The van der Waals surface area contributed by atoms with Crippen molar-refractivity contribution >= 4 is 59.4 Å². The number of anilines is 1. The molecule has 0 aliphatic rings. The van der Waals surface area contributed by atoms with Crippen molar-refractivity contribution in [3.63, 3.8) is 0 Å². The summed E-state index contributed by atoms with van der Waals surface area (Å²) in [6, 6.07) is 22.7. The van der Waals surface area contributed by atoms with Gasteiger partial charge in [-0.3, -0.25) is 13.9 Å². The predicted octanol–water partition coefficient (Wildman–Crippen LogP) is 5.14. The number of para-hydroxylation sites is 1. The van der Waals surface area contributed by atoms with Crippen molar-refractivity contribution < 1.29 is 18.0 Å². The van der Waals surface area contributed by atoms with Gasteiger partial charge in [-0.2, -0.15) is 0 Å². The topological polar surface area (TPSA) is 86.8 Å². The normalized spacial score (nSPS) is 12.2. The molecule has 0 aromatic heterocycles. The highest BCUT2D eigenvalue weighted by Gasteiger charge is 2.33. The molecule has 10 heteroatoms. The zero-order valence-corrected chi connectivity index (χ0v) is 25.5. The lowest BCUT2D eigenvalue weighted by Gasteiger charge is -2.34. The van der Waals surface area contributed by atoms with E-state index in [0.29, 0.717) is 10.2 Å². The van der Waals surface area contributed by atoms with E-state index in [1.54, 1.807) is 24.3 Å². The summed E-state index contributed by atoms with van der Waals surface area (Å²) in [6.07, 6.45) is 1.33. The van der Waals surface area contributed by atoms with E-state index < -0.39 is 28.5 Å². The maximum absolute atomic E-state index is 14.0. The second kappa shape index (κ2) is 13.4. The van der Waals surface area contributed by atoms with Crippen molar-refractivity contribution in [2.45, 2.75) is 38.9 Å². The van der Waals surface area contributed by atoms with Crippen LogP contribution in [0.15, 0.2) is 87.8 Å². The molecule has 3 rings (SSSR count). The maximum Gasteiger partial charge on any atom is 0.244 e. The number of nitrogens with one attached hydrogen (secondary N) is 1. The van der Waals surface area contributed by atoms with Gasteiger partial charge in [0.05, 0.1) is 11.9 Å². The molecule has 7 nitrogen and oxygen atoms in total. The summed E-state index contributed by atoms with van der Waals surface area (Å²) in [5.74, 6) is -0.796. The van der Waals surface area contributed by atoms with Crippen LogP contribution in [-0.4, -0.2) is 50.0 Å². The monoisotopic (exact) mass is 663 g/mol. The summed E-state index contributed by atoms with van der Waals surface area (Å²) in [7, 11) is -3.82. The zero-order valence-electron chi connectivity index (χ0n) is 21.5. The Morgan fingerprint density at radius 3 is 2.05 bits per heavy atom. The molecule has 38 heavy (non-hydrogen) atoms. The van der Waals surface area contributed by atoms with Gasteiger partial charge in [-0.15, -0.1) is 0 Å². The molecular formula is C28H31Br2N3O4S. The summed E-state index contributed by atoms with van der Waals surface area (Å²) in [4.78, 5) is 29.0. The lowest BCUT2D eigenvalue weighted by molar-refractivity contribution is -0.140. The van der Waals surface area contributed by atoms with Crippen molar-refractivity contribution in [2.24, 2.45) is 0 Å². The highest BCUT2D eigenvalue weighted by Crippen LogP contribution is 2.28. The average Bonchev–Trinajstić information content (AvgIpc) is 2.85. The molecule has 0 saturated carbocycles. The summed E-state index contributed by atoms with van der Waals surface area (Å²) >= 11 is 6.83. The van der Waals surface area contributed by atoms with Crippen LogP contribution in [0.3, 0.4) is 0 Å². The van der Waals surface area contributed by atoms with Gasteiger partial charge >= 0.3 is 0 Å². The lowest BCUT2D eigenvalue weighted by Crippen LogP contribution is -2.54. The molecule has 0 spiro atoms. The third kappa shape index (κ3) is 8.41. The number of carbonyl (C=O) groups excluding carboxylic acids is 2. The smallest absolute Gasteiger partial charge is 0.244 e. The Kier molecular flexibility index (Phi) is 10.5. The van der Waals surface area contributed by atoms with Crippen LogP contribution in [0.4, 0.5) is 5.69 Å². The number of halogens is 2. The van der Waals surface area contributed by atoms with Crippen molar-refractivity contribution in [1.82, 2.24) is 10.2 Å². The molecular weight excluding hydrogens is 634 g/mol. The fourth-order valence-electron chi connectivity index (χ4n) is 3.97. The molecule has 0 fully saturated rings. The van der Waals surface area contributed by atoms with Gasteiger partial charge in [0.2, 0.25) is 21.8 Å². The number of benzene rings is 3. The van der Waals surface area contributed by atoms with E-state index in [-0.39, 0.29) is 24.9 Å². The molecule has 3 aromatic rings. The van der Waals surface area contributed by atoms with Gasteiger partial charge in [0, 0.05) is 28.0 Å². The third-order valence-electron chi connectivity index (χ3n) is 5.77. The largest absolute Gasteiger partial charge is 0.352 e. The third-order valence-corrected chi connectivity index (χ3v) is 8.09. The van der Waals surface area contributed by atoms with Gasteiger partial charge < -0.3 is 10.2 Å². The minimum Gasteiger partial charge on any atom is -0.352 e. The predicted molar refractivity (Wildman–Crippen MR) is 158 cm³/mol. The minimum absolute atomic E-state index is 0.128. The lowest BCUT2D eigenvalue weighted by atomic mass is 10.0. The highest BCUT2D eigenvalue weighted by atomic mass is 79.9. The summed E-state index contributed by atoms with van der Waals surface area (Å²) in [5, 5.41) is 2.94. The van der Waals surface area contributed by atoms with Crippen LogP contribution in [-0.2, 0) is 32.6 Å². The number of amides is 2. The van der Waals surface area contributed by atoms with Crippen molar-refractivity contribution in [2.75, 3.05) is 17.1 Å². The molecule has 202 valence electrons. The first-order valence-electron chi connectivity index (χ1n) is 12.1. The molecule has 1 atom stereocenters. The maximum atomic E-state index is 14.0. The summed E-state index contributed by atoms with van der Waals surface area (Å²) < 4.78 is 28.1. The van der Waals surface area contributed by atoms with E-state index in [9.17, 15) is 18.0 Å². The van der Waals surface area contributed by atoms with Crippen LogP contribution < -0.4 is 9.62 Å². The number of nitrogens with zero attached hydrogens (tertiary/aromatic N) is 2.